The molecule has 2 heterocycles. The molecular weight excluding hydrogens is 417 g/mol. The molecule has 1 saturated heterocycles. The van der Waals surface area contributed by atoms with E-state index in [1.807, 2.05) is 0 Å². The Morgan fingerprint density at radius 2 is 2.07 bits per heavy atom. The van der Waals surface area contributed by atoms with Gasteiger partial charge in [-0.1, -0.05) is 0 Å². The molecule has 12 heteroatoms. The Bertz CT molecular complexity index is 876. The molecule has 1 amide bonds. The fraction of sp³-hybridized carbons (Fsp3) is 0.588. The van der Waals surface area contributed by atoms with Gasteiger partial charge >= 0.3 is 6.18 Å². The van der Waals surface area contributed by atoms with Crippen molar-refractivity contribution in [2.45, 2.75) is 43.2 Å². The number of benzene rings is 1. The van der Waals surface area contributed by atoms with Gasteiger partial charge in [0.25, 0.3) is 0 Å². The SMILES string of the molecule is CS(=O)(=O)Nc1ccc2c(c1)[C@@H]1C[C@@H](CC(=O)NCC(F)(F)F)O[C@H](CO)[C@@H]1O2. The zero-order valence-corrected chi connectivity index (χ0v) is 16.2. The summed E-state index contributed by atoms with van der Waals surface area (Å²) in [5, 5.41) is 11.4. The van der Waals surface area contributed by atoms with Crippen molar-refractivity contribution in [2.24, 2.45) is 0 Å². The minimum absolute atomic E-state index is 0.274. The molecule has 0 unspecified atom stereocenters. The van der Waals surface area contributed by atoms with Gasteiger partial charge in [-0.3, -0.25) is 9.52 Å². The maximum Gasteiger partial charge on any atom is 0.405 e. The number of alkyl halides is 3. The van der Waals surface area contributed by atoms with Gasteiger partial charge in [0.1, 0.15) is 24.5 Å². The molecule has 0 spiro atoms. The largest absolute Gasteiger partial charge is 0.487 e. The van der Waals surface area contributed by atoms with Crippen molar-refractivity contribution in [2.75, 3.05) is 24.1 Å². The number of fused-ring (bicyclic) bond motifs is 3. The molecule has 2 aliphatic heterocycles. The molecular formula is C17H21F3N2O6S. The van der Waals surface area contributed by atoms with Crippen molar-refractivity contribution in [1.29, 1.82) is 0 Å². The Morgan fingerprint density at radius 1 is 1.34 bits per heavy atom. The first-order valence-electron chi connectivity index (χ1n) is 8.83. The number of hydrogen-bond acceptors (Lipinski definition) is 6. The first-order valence-corrected chi connectivity index (χ1v) is 10.7. The number of amides is 1. The predicted molar refractivity (Wildman–Crippen MR) is 96.1 cm³/mol. The van der Waals surface area contributed by atoms with Gasteiger partial charge in [0.2, 0.25) is 15.9 Å². The number of aliphatic hydroxyl groups excluding tert-OH is 1. The maximum atomic E-state index is 12.3. The summed E-state index contributed by atoms with van der Waals surface area (Å²) in [7, 11) is -3.48. The number of anilines is 1. The highest BCUT2D eigenvalue weighted by molar-refractivity contribution is 7.92. The molecule has 29 heavy (non-hydrogen) atoms. The molecule has 0 saturated carbocycles. The molecule has 1 aromatic carbocycles. The molecule has 3 rings (SSSR count). The highest BCUT2D eigenvalue weighted by Crippen LogP contribution is 2.47. The van der Waals surface area contributed by atoms with Crippen LogP contribution in [0.4, 0.5) is 18.9 Å². The Labute approximate surface area is 165 Å². The van der Waals surface area contributed by atoms with E-state index >= 15 is 0 Å². The number of carbonyl (C=O) groups excluding carboxylic acids is 1. The standard InChI is InChI=1S/C17H21F3N2O6S/c1-29(25,26)22-9-2-3-13-11(4-9)12-5-10(27-14(7-23)16(12)28-13)6-15(24)21-8-17(18,19)20/h2-4,10,12,14,16,22-23H,5-8H2,1H3,(H,21,24)/t10-,12-,14+,16+/m0/s1. The lowest BCUT2D eigenvalue weighted by atomic mass is 9.84. The van der Waals surface area contributed by atoms with Gasteiger partial charge in [-0.25, -0.2) is 8.42 Å². The third-order valence-corrected chi connectivity index (χ3v) is 5.31. The third-order valence-electron chi connectivity index (χ3n) is 4.70. The number of sulfonamides is 1. The Hall–Kier alpha value is -2.05. The van der Waals surface area contributed by atoms with Crippen LogP contribution in [0.5, 0.6) is 5.75 Å². The first kappa shape index (κ1) is 21.7. The van der Waals surface area contributed by atoms with E-state index in [0.29, 0.717) is 17.0 Å². The lowest BCUT2D eigenvalue weighted by Crippen LogP contribution is -2.47. The number of ether oxygens (including phenoxy) is 2. The quantitative estimate of drug-likeness (QED) is 0.614. The van der Waals surface area contributed by atoms with Crippen LogP contribution >= 0.6 is 0 Å². The number of halogens is 3. The van der Waals surface area contributed by atoms with Crippen molar-refractivity contribution < 1.29 is 41.0 Å². The monoisotopic (exact) mass is 438 g/mol. The Morgan fingerprint density at radius 3 is 2.69 bits per heavy atom. The summed E-state index contributed by atoms with van der Waals surface area (Å²) in [6.45, 7) is -1.83. The van der Waals surface area contributed by atoms with Crippen LogP contribution in [0.25, 0.3) is 0 Å². The van der Waals surface area contributed by atoms with Crippen molar-refractivity contribution >= 4 is 21.6 Å². The van der Waals surface area contributed by atoms with Gasteiger partial charge in [-0.15, -0.1) is 0 Å². The Balaban J connectivity index is 1.74. The van der Waals surface area contributed by atoms with Crippen LogP contribution in [0.2, 0.25) is 0 Å². The van der Waals surface area contributed by atoms with E-state index in [-0.39, 0.29) is 18.8 Å². The second kappa shape index (κ2) is 8.00. The molecule has 4 atom stereocenters. The van der Waals surface area contributed by atoms with E-state index < -0.39 is 53.6 Å². The fourth-order valence-corrected chi connectivity index (χ4v) is 4.20. The lowest BCUT2D eigenvalue weighted by Gasteiger charge is -2.37. The van der Waals surface area contributed by atoms with Crippen LogP contribution in [0.1, 0.15) is 24.3 Å². The zero-order chi connectivity index (χ0) is 21.4. The van der Waals surface area contributed by atoms with Crippen molar-refractivity contribution in [1.82, 2.24) is 5.32 Å². The van der Waals surface area contributed by atoms with Crippen LogP contribution in [-0.4, -0.2) is 63.3 Å². The van der Waals surface area contributed by atoms with Gasteiger partial charge < -0.3 is 19.9 Å². The highest BCUT2D eigenvalue weighted by atomic mass is 32.2. The number of rotatable bonds is 6. The first-order chi connectivity index (χ1) is 13.4. The van der Waals surface area contributed by atoms with Crippen LogP contribution < -0.4 is 14.8 Å². The van der Waals surface area contributed by atoms with Gasteiger partial charge in [-0.2, -0.15) is 13.2 Å². The predicted octanol–water partition coefficient (Wildman–Crippen LogP) is 1.12. The van der Waals surface area contributed by atoms with E-state index in [1.54, 1.807) is 17.4 Å². The van der Waals surface area contributed by atoms with Crippen LogP contribution in [0.3, 0.4) is 0 Å². The second-order valence-electron chi connectivity index (χ2n) is 7.13. The number of nitrogens with one attached hydrogen (secondary N) is 2. The molecule has 2 aliphatic rings. The molecule has 3 N–H and O–H groups in total. The summed E-state index contributed by atoms with van der Waals surface area (Å²) >= 11 is 0. The summed E-state index contributed by atoms with van der Waals surface area (Å²) < 4.78 is 73.6. The molecule has 162 valence electrons. The van der Waals surface area contributed by atoms with Crippen LogP contribution in [-0.2, 0) is 19.6 Å². The van der Waals surface area contributed by atoms with Crippen molar-refractivity contribution in [3.63, 3.8) is 0 Å². The molecule has 0 radical (unpaired) electrons. The summed E-state index contributed by atoms with van der Waals surface area (Å²) in [6, 6.07) is 4.75. The van der Waals surface area contributed by atoms with Crippen molar-refractivity contribution in [3.8, 4) is 5.75 Å². The molecule has 0 aliphatic carbocycles. The van der Waals surface area contributed by atoms with E-state index in [9.17, 15) is 31.5 Å². The molecule has 1 aromatic rings. The highest BCUT2D eigenvalue weighted by Gasteiger charge is 2.46. The van der Waals surface area contributed by atoms with E-state index in [4.69, 9.17) is 9.47 Å². The lowest BCUT2D eigenvalue weighted by molar-refractivity contribution is -0.149. The smallest absolute Gasteiger partial charge is 0.405 e. The summed E-state index contributed by atoms with van der Waals surface area (Å²) in [5.74, 6) is -0.616. The molecule has 0 bridgehead atoms. The number of hydrogen-bond donors (Lipinski definition) is 3. The number of aliphatic hydroxyl groups is 1. The average molecular weight is 438 g/mol. The van der Waals surface area contributed by atoms with Crippen molar-refractivity contribution in [3.05, 3.63) is 23.8 Å². The summed E-state index contributed by atoms with van der Waals surface area (Å²) in [4.78, 5) is 11.8. The van der Waals surface area contributed by atoms with Gasteiger partial charge in [0, 0.05) is 17.2 Å². The molecule has 0 aromatic heterocycles. The van der Waals surface area contributed by atoms with Crippen LogP contribution in [0, 0.1) is 0 Å². The summed E-state index contributed by atoms with van der Waals surface area (Å²) in [6.07, 6.45) is -5.55. The Kier molecular flexibility index (Phi) is 5.97. The van der Waals surface area contributed by atoms with E-state index in [1.165, 1.54) is 6.07 Å². The van der Waals surface area contributed by atoms with Gasteiger partial charge in [0.15, 0.2) is 0 Å². The topological polar surface area (TPSA) is 114 Å². The molecule has 1 fully saturated rings. The van der Waals surface area contributed by atoms with Gasteiger partial charge in [0.05, 0.1) is 25.4 Å². The third kappa shape index (κ3) is 5.52. The second-order valence-corrected chi connectivity index (χ2v) is 8.88. The zero-order valence-electron chi connectivity index (χ0n) is 15.4. The van der Waals surface area contributed by atoms with E-state index in [0.717, 1.165) is 6.26 Å². The molecule has 8 nitrogen and oxygen atoms in total. The van der Waals surface area contributed by atoms with Gasteiger partial charge in [-0.05, 0) is 24.6 Å². The minimum Gasteiger partial charge on any atom is -0.487 e. The number of carbonyl (C=O) groups is 1. The fourth-order valence-electron chi connectivity index (χ4n) is 3.64. The normalized spacial score (nSPS) is 26.2. The van der Waals surface area contributed by atoms with E-state index in [2.05, 4.69) is 4.72 Å². The minimum atomic E-state index is -4.51. The summed E-state index contributed by atoms with van der Waals surface area (Å²) in [5.41, 5.74) is 1.02. The average Bonchev–Trinajstić information content (AvgIpc) is 2.95. The van der Waals surface area contributed by atoms with Crippen LogP contribution in [0.15, 0.2) is 18.2 Å². The maximum absolute atomic E-state index is 12.3.